The fourth-order valence-corrected chi connectivity index (χ4v) is 4.45. The molecule has 0 spiro atoms. The molecule has 5 rings (SSSR count). The van der Waals surface area contributed by atoms with Gasteiger partial charge in [0.25, 0.3) is 0 Å². The van der Waals surface area contributed by atoms with Gasteiger partial charge in [0.05, 0.1) is 17.8 Å². The van der Waals surface area contributed by atoms with E-state index in [1.807, 2.05) is 30.5 Å². The van der Waals surface area contributed by atoms with Gasteiger partial charge in [-0.3, -0.25) is 9.88 Å². The molecule has 0 bridgehead atoms. The average Bonchev–Trinajstić information content (AvgIpc) is 3.27. The lowest BCUT2D eigenvalue weighted by molar-refractivity contribution is -0.0349. The molecule has 3 aromatic heterocycles. The Morgan fingerprint density at radius 3 is 3.03 bits per heavy atom. The normalized spacial score (nSPS) is 17.1. The van der Waals surface area contributed by atoms with Crippen molar-refractivity contribution in [1.29, 1.82) is 0 Å². The second-order valence-electron chi connectivity index (χ2n) is 7.55. The van der Waals surface area contributed by atoms with E-state index in [1.165, 1.54) is 10.9 Å². The Kier molecular flexibility index (Phi) is 5.84. The number of nitrogens with one attached hydrogen (secondary N) is 1. The molecule has 0 aliphatic carbocycles. The van der Waals surface area contributed by atoms with Crippen LogP contribution in [0.2, 0.25) is 0 Å². The van der Waals surface area contributed by atoms with Gasteiger partial charge in [-0.1, -0.05) is 36.5 Å². The average molecular weight is 433 g/mol. The molecule has 1 aromatic carbocycles. The highest BCUT2D eigenvalue weighted by molar-refractivity contribution is 7.15. The number of benzene rings is 1. The largest absolute Gasteiger partial charge is 0.369 e. The Morgan fingerprint density at radius 1 is 1.16 bits per heavy atom. The van der Waals surface area contributed by atoms with Crippen LogP contribution in [0.5, 0.6) is 0 Å². The molecule has 0 unspecified atom stereocenters. The van der Waals surface area contributed by atoms with Crippen LogP contribution in [-0.2, 0) is 17.7 Å². The zero-order valence-electron chi connectivity index (χ0n) is 17.4. The predicted octanol–water partition coefficient (Wildman–Crippen LogP) is 4.36. The summed E-state index contributed by atoms with van der Waals surface area (Å²) >= 11 is 1.55. The minimum absolute atomic E-state index is 0.0572. The molecule has 0 radical (unpaired) electrons. The van der Waals surface area contributed by atoms with E-state index < -0.39 is 0 Å². The standard InChI is InChI=1S/C23H24N6OS/c1-2-22-27-28-23(31-22)26-21-7-3-6-19(25-21)20-15-29(11-12-30-20)14-16-8-9-18-17(13-16)5-4-10-24-18/h3-10,13,20H,2,11-12,14-15H2,1H3,(H,25,26,28)/t20-/m1/s1. The van der Waals surface area contributed by atoms with Crippen molar-refractivity contribution in [2.24, 2.45) is 0 Å². The first-order chi connectivity index (χ1) is 15.3. The highest BCUT2D eigenvalue weighted by atomic mass is 32.1. The third-order valence-corrected chi connectivity index (χ3v) is 6.31. The number of pyridine rings is 2. The van der Waals surface area contributed by atoms with Gasteiger partial charge < -0.3 is 10.1 Å². The van der Waals surface area contributed by atoms with Crippen LogP contribution in [0.4, 0.5) is 10.9 Å². The molecule has 4 heterocycles. The number of hydrogen-bond acceptors (Lipinski definition) is 8. The molecule has 4 aromatic rings. The van der Waals surface area contributed by atoms with Gasteiger partial charge in [0.1, 0.15) is 16.9 Å². The number of hydrogen-bond donors (Lipinski definition) is 1. The topological polar surface area (TPSA) is 76.1 Å². The summed E-state index contributed by atoms with van der Waals surface area (Å²) in [6, 6.07) is 16.5. The number of anilines is 2. The molecule has 0 amide bonds. The van der Waals surface area contributed by atoms with Crippen molar-refractivity contribution < 1.29 is 4.74 Å². The monoisotopic (exact) mass is 432 g/mol. The molecule has 0 saturated carbocycles. The van der Waals surface area contributed by atoms with Crippen molar-refractivity contribution in [3.63, 3.8) is 0 Å². The lowest BCUT2D eigenvalue weighted by Gasteiger charge is -2.32. The van der Waals surface area contributed by atoms with Crippen molar-refractivity contribution in [2.75, 3.05) is 25.0 Å². The summed E-state index contributed by atoms with van der Waals surface area (Å²) in [6.07, 6.45) is 2.66. The van der Waals surface area contributed by atoms with Crippen molar-refractivity contribution in [1.82, 2.24) is 25.1 Å². The van der Waals surface area contributed by atoms with Crippen molar-refractivity contribution in [3.8, 4) is 0 Å². The maximum Gasteiger partial charge on any atom is 0.211 e. The number of aromatic nitrogens is 4. The van der Waals surface area contributed by atoms with Gasteiger partial charge in [-0.25, -0.2) is 4.98 Å². The fraction of sp³-hybridized carbons (Fsp3) is 0.304. The highest BCUT2D eigenvalue weighted by Crippen LogP contribution is 2.25. The van der Waals surface area contributed by atoms with Crippen LogP contribution in [0.3, 0.4) is 0 Å². The maximum absolute atomic E-state index is 6.06. The number of rotatable bonds is 6. The summed E-state index contributed by atoms with van der Waals surface area (Å²) in [5.41, 5.74) is 3.24. The first-order valence-electron chi connectivity index (χ1n) is 10.5. The Balaban J connectivity index is 1.27. The van der Waals surface area contributed by atoms with E-state index in [1.54, 1.807) is 11.3 Å². The molecule has 8 heteroatoms. The molecule has 31 heavy (non-hydrogen) atoms. The van der Waals surface area contributed by atoms with E-state index in [0.717, 1.165) is 53.2 Å². The zero-order valence-corrected chi connectivity index (χ0v) is 18.2. The highest BCUT2D eigenvalue weighted by Gasteiger charge is 2.23. The Hall–Kier alpha value is -2.94. The summed E-state index contributed by atoms with van der Waals surface area (Å²) in [5, 5.41) is 14.5. The minimum atomic E-state index is -0.0572. The minimum Gasteiger partial charge on any atom is -0.369 e. The molecule has 1 saturated heterocycles. The van der Waals surface area contributed by atoms with Gasteiger partial charge in [0.2, 0.25) is 5.13 Å². The van der Waals surface area contributed by atoms with Crippen LogP contribution in [0, 0.1) is 0 Å². The summed E-state index contributed by atoms with van der Waals surface area (Å²) < 4.78 is 6.06. The van der Waals surface area contributed by atoms with E-state index >= 15 is 0 Å². The number of aryl methyl sites for hydroxylation is 1. The van der Waals surface area contributed by atoms with Crippen LogP contribution in [0.25, 0.3) is 10.9 Å². The first-order valence-corrected chi connectivity index (χ1v) is 11.3. The smallest absolute Gasteiger partial charge is 0.211 e. The molecular formula is C23H24N6OS. The molecule has 1 N–H and O–H groups in total. The van der Waals surface area contributed by atoms with E-state index in [-0.39, 0.29) is 6.10 Å². The van der Waals surface area contributed by atoms with E-state index in [2.05, 4.69) is 56.6 Å². The molecule has 1 atom stereocenters. The Labute approximate surface area is 185 Å². The van der Waals surface area contributed by atoms with Crippen molar-refractivity contribution in [3.05, 3.63) is 71.0 Å². The Morgan fingerprint density at radius 2 is 2.13 bits per heavy atom. The second-order valence-corrected chi connectivity index (χ2v) is 8.61. The van der Waals surface area contributed by atoms with Crippen LogP contribution < -0.4 is 5.32 Å². The van der Waals surface area contributed by atoms with Crippen molar-refractivity contribution in [2.45, 2.75) is 26.0 Å². The summed E-state index contributed by atoms with van der Waals surface area (Å²) in [4.78, 5) is 11.6. The lowest BCUT2D eigenvalue weighted by atomic mass is 10.1. The maximum atomic E-state index is 6.06. The lowest BCUT2D eigenvalue weighted by Crippen LogP contribution is -2.38. The molecule has 1 fully saturated rings. The van der Waals surface area contributed by atoms with Crippen LogP contribution in [0.1, 0.15) is 29.3 Å². The van der Waals surface area contributed by atoms with Gasteiger partial charge in [-0.15, -0.1) is 10.2 Å². The summed E-state index contributed by atoms with van der Waals surface area (Å²) in [7, 11) is 0. The number of ether oxygens (including phenoxy) is 1. The third kappa shape index (κ3) is 4.71. The van der Waals surface area contributed by atoms with Gasteiger partial charge in [-0.2, -0.15) is 0 Å². The first kappa shape index (κ1) is 20.0. The quantitative estimate of drug-likeness (QED) is 0.485. The SMILES string of the molecule is CCc1nnc(Nc2cccc([C@H]3CN(Cc4ccc5ncccc5c4)CCO3)n2)s1. The van der Waals surface area contributed by atoms with Gasteiger partial charge in [0.15, 0.2) is 0 Å². The zero-order chi connectivity index (χ0) is 21.0. The number of nitrogens with zero attached hydrogens (tertiary/aromatic N) is 5. The van der Waals surface area contributed by atoms with Gasteiger partial charge >= 0.3 is 0 Å². The van der Waals surface area contributed by atoms with E-state index in [0.29, 0.717) is 6.61 Å². The number of morpholine rings is 1. The number of fused-ring (bicyclic) bond motifs is 1. The third-order valence-electron chi connectivity index (χ3n) is 5.33. The van der Waals surface area contributed by atoms with Crippen LogP contribution in [0.15, 0.2) is 54.7 Å². The van der Waals surface area contributed by atoms with Gasteiger partial charge in [-0.05, 0) is 42.3 Å². The molecular weight excluding hydrogens is 408 g/mol. The van der Waals surface area contributed by atoms with E-state index in [9.17, 15) is 0 Å². The molecule has 7 nitrogen and oxygen atoms in total. The Bertz CT molecular complexity index is 1180. The van der Waals surface area contributed by atoms with Crippen molar-refractivity contribution >= 4 is 33.2 Å². The van der Waals surface area contributed by atoms with E-state index in [4.69, 9.17) is 9.72 Å². The second kappa shape index (κ2) is 9.05. The molecule has 1 aliphatic rings. The van der Waals surface area contributed by atoms with Gasteiger partial charge in [0, 0.05) is 31.2 Å². The molecule has 1 aliphatic heterocycles. The summed E-state index contributed by atoms with van der Waals surface area (Å²) in [5.74, 6) is 0.763. The predicted molar refractivity (Wildman–Crippen MR) is 123 cm³/mol. The van der Waals surface area contributed by atoms with Crippen LogP contribution >= 0.6 is 11.3 Å². The van der Waals surface area contributed by atoms with Crippen LogP contribution in [-0.4, -0.2) is 44.8 Å². The molecule has 158 valence electrons. The summed E-state index contributed by atoms with van der Waals surface area (Å²) in [6.45, 7) is 5.36. The fourth-order valence-electron chi connectivity index (χ4n) is 3.76.